The van der Waals surface area contributed by atoms with E-state index in [-0.39, 0.29) is 18.4 Å². The SMILES string of the molecule is CCc1cc(Br)ccc1NC(=O)N1CC(CC(=O)O)C1. The molecule has 1 aromatic carbocycles. The molecule has 108 valence electrons. The van der Waals surface area contributed by atoms with E-state index >= 15 is 0 Å². The number of urea groups is 1. The molecule has 1 heterocycles. The molecule has 20 heavy (non-hydrogen) atoms. The Hall–Kier alpha value is -1.56. The van der Waals surface area contributed by atoms with Crippen molar-refractivity contribution < 1.29 is 14.7 Å². The zero-order chi connectivity index (χ0) is 14.7. The maximum absolute atomic E-state index is 12.0. The number of carbonyl (C=O) groups excluding carboxylic acids is 1. The standard InChI is InChI=1S/C14H17BrN2O3/c1-2-10-6-11(15)3-4-12(10)16-14(20)17-7-9(8-17)5-13(18)19/h3-4,6,9H,2,5,7-8H2,1H3,(H,16,20)(H,18,19). The van der Waals surface area contributed by atoms with Crippen molar-refractivity contribution in [3.8, 4) is 0 Å². The first kappa shape index (κ1) is 14.8. The molecule has 0 radical (unpaired) electrons. The smallest absolute Gasteiger partial charge is 0.321 e. The molecule has 0 aliphatic carbocycles. The maximum Gasteiger partial charge on any atom is 0.321 e. The van der Waals surface area contributed by atoms with Crippen molar-refractivity contribution in [2.24, 2.45) is 5.92 Å². The molecule has 6 heteroatoms. The first-order chi connectivity index (χ1) is 9.49. The number of benzene rings is 1. The summed E-state index contributed by atoms with van der Waals surface area (Å²) in [6.45, 7) is 3.05. The molecular weight excluding hydrogens is 324 g/mol. The van der Waals surface area contributed by atoms with E-state index in [1.54, 1.807) is 4.90 Å². The number of carbonyl (C=O) groups is 2. The van der Waals surface area contributed by atoms with Gasteiger partial charge in [0.2, 0.25) is 0 Å². The summed E-state index contributed by atoms with van der Waals surface area (Å²) in [4.78, 5) is 24.2. The number of likely N-dealkylation sites (tertiary alicyclic amines) is 1. The average molecular weight is 341 g/mol. The molecule has 1 aliphatic heterocycles. The highest BCUT2D eigenvalue weighted by molar-refractivity contribution is 9.10. The quantitative estimate of drug-likeness (QED) is 0.885. The Bertz CT molecular complexity index is 527. The number of hydrogen-bond donors (Lipinski definition) is 2. The highest BCUT2D eigenvalue weighted by atomic mass is 79.9. The molecule has 0 bridgehead atoms. The molecule has 0 aromatic heterocycles. The van der Waals surface area contributed by atoms with Crippen molar-refractivity contribution in [3.05, 3.63) is 28.2 Å². The Labute approximate surface area is 126 Å². The summed E-state index contributed by atoms with van der Waals surface area (Å²) < 4.78 is 0.984. The Morgan fingerprint density at radius 1 is 1.45 bits per heavy atom. The highest BCUT2D eigenvalue weighted by Gasteiger charge is 2.32. The van der Waals surface area contributed by atoms with Gasteiger partial charge in [0.05, 0.1) is 6.42 Å². The van der Waals surface area contributed by atoms with Crippen LogP contribution in [-0.2, 0) is 11.2 Å². The largest absolute Gasteiger partial charge is 0.481 e. The third-order valence-electron chi connectivity index (χ3n) is 3.40. The maximum atomic E-state index is 12.0. The lowest BCUT2D eigenvalue weighted by Gasteiger charge is -2.38. The van der Waals surface area contributed by atoms with Gasteiger partial charge in [0, 0.05) is 29.2 Å². The zero-order valence-electron chi connectivity index (χ0n) is 11.2. The predicted molar refractivity (Wildman–Crippen MR) is 79.9 cm³/mol. The lowest BCUT2D eigenvalue weighted by atomic mass is 9.97. The van der Waals surface area contributed by atoms with Crippen molar-refractivity contribution in [3.63, 3.8) is 0 Å². The summed E-state index contributed by atoms with van der Waals surface area (Å²) in [5, 5.41) is 11.6. The lowest BCUT2D eigenvalue weighted by molar-refractivity contribution is -0.139. The first-order valence-electron chi connectivity index (χ1n) is 6.55. The van der Waals surface area contributed by atoms with E-state index in [4.69, 9.17) is 5.11 Å². The van der Waals surface area contributed by atoms with E-state index in [2.05, 4.69) is 21.2 Å². The van der Waals surface area contributed by atoms with Crippen LogP contribution in [-0.4, -0.2) is 35.1 Å². The van der Waals surface area contributed by atoms with E-state index in [0.29, 0.717) is 13.1 Å². The van der Waals surface area contributed by atoms with E-state index in [0.717, 1.165) is 22.1 Å². The Kier molecular flexibility index (Phi) is 4.65. The fraction of sp³-hybridized carbons (Fsp3) is 0.429. The molecule has 1 saturated heterocycles. The van der Waals surface area contributed by atoms with Gasteiger partial charge < -0.3 is 15.3 Å². The third-order valence-corrected chi connectivity index (χ3v) is 3.89. The highest BCUT2D eigenvalue weighted by Crippen LogP contribution is 2.24. The van der Waals surface area contributed by atoms with Crippen LogP contribution in [0, 0.1) is 5.92 Å². The predicted octanol–water partition coefficient (Wildman–Crippen LogP) is 2.95. The second kappa shape index (κ2) is 6.26. The zero-order valence-corrected chi connectivity index (χ0v) is 12.8. The molecule has 2 rings (SSSR count). The number of halogens is 1. The Balaban J connectivity index is 1.91. The Morgan fingerprint density at radius 3 is 2.75 bits per heavy atom. The van der Waals surface area contributed by atoms with Gasteiger partial charge in [-0.25, -0.2) is 4.79 Å². The number of aliphatic carboxylic acids is 1. The molecule has 2 amide bonds. The topological polar surface area (TPSA) is 69.6 Å². The summed E-state index contributed by atoms with van der Waals surface area (Å²) in [5.41, 5.74) is 1.87. The number of carboxylic acid groups (broad SMARTS) is 1. The van der Waals surface area contributed by atoms with Gasteiger partial charge in [-0.1, -0.05) is 22.9 Å². The molecular formula is C14H17BrN2O3. The van der Waals surface area contributed by atoms with Gasteiger partial charge in [-0.2, -0.15) is 0 Å². The molecule has 1 aromatic rings. The van der Waals surface area contributed by atoms with Crippen LogP contribution in [0.25, 0.3) is 0 Å². The van der Waals surface area contributed by atoms with Crippen molar-refractivity contribution in [2.45, 2.75) is 19.8 Å². The summed E-state index contributed by atoms with van der Waals surface area (Å²) in [6.07, 6.45) is 0.957. The van der Waals surface area contributed by atoms with E-state index in [1.807, 2.05) is 25.1 Å². The van der Waals surface area contributed by atoms with Crippen molar-refractivity contribution >= 4 is 33.6 Å². The lowest BCUT2D eigenvalue weighted by Crippen LogP contribution is -2.52. The van der Waals surface area contributed by atoms with Gasteiger partial charge in [-0.3, -0.25) is 4.79 Å². The molecule has 0 spiro atoms. The minimum atomic E-state index is -0.809. The van der Waals surface area contributed by atoms with Crippen LogP contribution in [0.5, 0.6) is 0 Å². The van der Waals surface area contributed by atoms with Gasteiger partial charge in [-0.05, 0) is 30.2 Å². The van der Waals surface area contributed by atoms with Crippen molar-refractivity contribution in [1.82, 2.24) is 4.90 Å². The average Bonchev–Trinajstić information content (AvgIpc) is 2.34. The number of anilines is 1. The molecule has 0 unspecified atom stereocenters. The normalized spacial score (nSPS) is 14.8. The second-order valence-electron chi connectivity index (χ2n) is 4.95. The van der Waals surface area contributed by atoms with Gasteiger partial charge in [0.1, 0.15) is 0 Å². The van der Waals surface area contributed by atoms with Crippen molar-refractivity contribution in [2.75, 3.05) is 18.4 Å². The Morgan fingerprint density at radius 2 is 2.15 bits per heavy atom. The monoisotopic (exact) mass is 340 g/mol. The van der Waals surface area contributed by atoms with Crippen LogP contribution in [0.3, 0.4) is 0 Å². The van der Waals surface area contributed by atoms with Crippen molar-refractivity contribution in [1.29, 1.82) is 0 Å². The van der Waals surface area contributed by atoms with Crippen LogP contribution in [0.1, 0.15) is 18.9 Å². The molecule has 1 aliphatic rings. The summed E-state index contributed by atoms with van der Waals surface area (Å²) in [7, 11) is 0. The van der Waals surface area contributed by atoms with Crippen LogP contribution in [0.15, 0.2) is 22.7 Å². The minimum Gasteiger partial charge on any atom is -0.481 e. The van der Waals surface area contributed by atoms with Gasteiger partial charge in [0.25, 0.3) is 0 Å². The number of carboxylic acids is 1. The number of amides is 2. The van der Waals surface area contributed by atoms with Crippen LogP contribution < -0.4 is 5.32 Å². The van der Waals surface area contributed by atoms with Crippen LogP contribution >= 0.6 is 15.9 Å². The van der Waals surface area contributed by atoms with Gasteiger partial charge in [0.15, 0.2) is 0 Å². The number of hydrogen-bond acceptors (Lipinski definition) is 2. The second-order valence-corrected chi connectivity index (χ2v) is 5.87. The molecule has 2 N–H and O–H groups in total. The summed E-state index contributed by atoms with van der Waals surface area (Å²) in [5.74, 6) is -0.731. The number of rotatable bonds is 4. The van der Waals surface area contributed by atoms with E-state index in [9.17, 15) is 9.59 Å². The fourth-order valence-corrected chi connectivity index (χ4v) is 2.69. The summed E-state index contributed by atoms with van der Waals surface area (Å²) >= 11 is 3.41. The molecule has 1 fully saturated rings. The summed E-state index contributed by atoms with van der Waals surface area (Å²) in [6, 6.07) is 5.58. The van der Waals surface area contributed by atoms with Gasteiger partial charge in [-0.15, -0.1) is 0 Å². The number of aryl methyl sites for hydroxylation is 1. The fourth-order valence-electron chi connectivity index (χ4n) is 2.28. The van der Waals surface area contributed by atoms with Gasteiger partial charge >= 0.3 is 12.0 Å². The molecule has 0 atom stereocenters. The third kappa shape index (κ3) is 3.50. The van der Waals surface area contributed by atoms with Crippen LogP contribution in [0.4, 0.5) is 10.5 Å². The number of nitrogens with zero attached hydrogens (tertiary/aromatic N) is 1. The molecule has 5 nitrogen and oxygen atoms in total. The number of nitrogens with one attached hydrogen (secondary N) is 1. The molecule has 0 saturated carbocycles. The van der Waals surface area contributed by atoms with Crippen LogP contribution in [0.2, 0.25) is 0 Å². The van der Waals surface area contributed by atoms with E-state index in [1.165, 1.54) is 0 Å². The van der Waals surface area contributed by atoms with E-state index < -0.39 is 5.97 Å². The minimum absolute atomic E-state index is 0.0776. The first-order valence-corrected chi connectivity index (χ1v) is 7.35.